The lowest BCUT2D eigenvalue weighted by Crippen LogP contribution is -2.29. The Balaban J connectivity index is 3.78. The van der Waals surface area contributed by atoms with Crippen molar-refractivity contribution in [2.75, 3.05) is 32.8 Å². The summed E-state index contributed by atoms with van der Waals surface area (Å²) < 4.78 is 11.2. The zero-order valence-electron chi connectivity index (χ0n) is 11.9. The van der Waals surface area contributed by atoms with Crippen LogP contribution in [0.15, 0.2) is 0 Å². The summed E-state index contributed by atoms with van der Waals surface area (Å²) in [6, 6.07) is 0.991. The highest BCUT2D eigenvalue weighted by Gasteiger charge is 2.13. The number of carbonyl (C=O) groups is 1. The smallest absolute Gasteiger partial charge is 0.321 e. The average Bonchev–Trinajstić information content (AvgIpc) is 2.33. The normalized spacial score (nSPS) is 11.4. The Labute approximate surface area is 112 Å². The summed E-state index contributed by atoms with van der Waals surface area (Å²) in [5.74, 6) is -0.732. The Morgan fingerprint density at radius 1 is 1.17 bits per heavy atom. The van der Waals surface area contributed by atoms with Crippen LogP contribution >= 0.6 is 0 Å². The first-order valence-corrected chi connectivity index (χ1v) is 8.57. The van der Waals surface area contributed by atoms with Gasteiger partial charge in [0.25, 0.3) is 0 Å². The molecule has 0 aromatic carbocycles. The Morgan fingerprint density at radius 2 is 1.78 bits per heavy atom. The van der Waals surface area contributed by atoms with Crippen molar-refractivity contribution in [3.8, 4) is 0 Å². The molecule has 0 atom stereocenters. The largest absolute Gasteiger partial charge is 0.481 e. The number of hydrogen-bond acceptors (Lipinski definition) is 4. The second kappa shape index (κ2) is 11.6. The molecule has 0 unspecified atom stereocenters. The van der Waals surface area contributed by atoms with Gasteiger partial charge in [0.2, 0.25) is 0 Å². The van der Waals surface area contributed by atoms with Crippen LogP contribution in [-0.4, -0.2) is 58.1 Å². The Morgan fingerprint density at radius 3 is 2.22 bits per heavy atom. The molecule has 0 saturated heterocycles. The van der Waals surface area contributed by atoms with Crippen LogP contribution in [0.1, 0.15) is 33.6 Å². The van der Waals surface area contributed by atoms with Gasteiger partial charge in [-0.1, -0.05) is 6.92 Å². The molecule has 0 aliphatic carbocycles. The number of carboxylic acids is 1. The summed E-state index contributed by atoms with van der Waals surface area (Å²) in [6.07, 6.45) is 1.23. The minimum Gasteiger partial charge on any atom is -0.481 e. The average molecular weight is 277 g/mol. The third-order valence-corrected chi connectivity index (χ3v) is 5.00. The molecule has 0 fully saturated rings. The highest BCUT2D eigenvalue weighted by atomic mass is 28.3. The lowest BCUT2D eigenvalue weighted by atomic mass is 10.3. The topological polar surface area (TPSA) is 59.0 Å². The molecule has 5 nitrogen and oxygen atoms in total. The summed E-state index contributed by atoms with van der Waals surface area (Å²) in [7, 11) is -1.49. The predicted molar refractivity (Wildman–Crippen MR) is 74.2 cm³/mol. The van der Waals surface area contributed by atoms with Gasteiger partial charge in [0, 0.05) is 19.8 Å². The van der Waals surface area contributed by atoms with Crippen LogP contribution in [0.2, 0.25) is 6.04 Å². The Bertz CT molecular complexity index is 210. The van der Waals surface area contributed by atoms with Crippen molar-refractivity contribution in [2.24, 2.45) is 0 Å². The standard InChI is InChI=1S/C12H27NO4Si/c1-4-13(10-8-12(14)15)9-7-11-18(16-5-2)17-6-3/h18H,4-11H2,1-3H3,(H,14,15). The fraction of sp³-hybridized carbons (Fsp3) is 0.917. The van der Waals surface area contributed by atoms with Crippen molar-refractivity contribution in [2.45, 2.75) is 39.7 Å². The lowest BCUT2D eigenvalue weighted by Gasteiger charge is -2.20. The summed E-state index contributed by atoms with van der Waals surface area (Å²) >= 11 is 0. The SMILES string of the molecule is CCO[SiH](CCCN(CC)CCC(=O)O)OCC. The summed E-state index contributed by atoms with van der Waals surface area (Å²) in [4.78, 5) is 12.7. The van der Waals surface area contributed by atoms with Gasteiger partial charge in [-0.25, -0.2) is 0 Å². The minimum atomic E-state index is -1.49. The van der Waals surface area contributed by atoms with Gasteiger partial charge >= 0.3 is 15.3 Å². The van der Waals surface area contributed by atoms with Crippen LogP contribution in [0.3, 0.4) is 0 Å². The second-order valence-electron chi connectivity index (χ2n) is 4.06. The van der Waals surface area contributed by atoms with E-state index in [0.717, 1.165) is 25.6 Å². The molecule has 0 saturated carbocycles. The number of rotatable bonds is 12. The first kappa shape index (κ1) is 17.6. The van der Waals surface area contributed by atoms with E-state index >= 15 is 0 Å². The Hall–Kier alpha value is -0.433. The molecule has 0 aliphatic rings. The second-order valence-corrected chi connectivity index (χ2v) is 6.16. The van der Waals surface area contributed by atoms with Crippen molar-refractivity contribution >= 4 is 15.3 Å². The molecule has 0 amide bonds. The summed E-state index contributed by atoms with van der Waals surface area (Å²) in [5.41, 5.74) is 0. The zero-order valence-corrected chi connectivity index (χ0v) is 13.0. The van der Waals surface area contributed by atoms with Crippen LogP contribution < -0.4 is 0 Å². The number of aliphatic carboxylic acids is 1. The van der Waals surface area contributed by atoms with Gasteiger partial charge in [0.15, 0.2) is 0 Å². The third kappa shape index (κ3) is 9.58. The van der Waals surface area contributed by atoms with Crippen molar-refractivity contribution in [1.29, 1.82) is 0 Å². The highest BCUT2D eigenvalue weighted by molar-refractivity contribution is 6.44. The lowest BCUT2D eigenvalue weighted by molar-refractivity contribution is -0.137. The summed E-state index contributed by atoms with van der Waals surface area (Å²) in [5, 5.41) is 8.65. The number of carboxylic acid groups (broad SMARTS) is 1. The molecular weight excluding hydrogens is 250 g/mol. The molecule has 0 aliphatic heterocycles. The molecule has 0 rings (SSSR count). The van der Waals surface area contributed by atoms with E-state index in [1.54, 1.807) is 0 Å². The van der Waals surface area contributed by atoms with Gasteiger partial charge in [0.1, 0.15) is 0 Å². The van der Waals surface area contributed by atoms with Gasteiger partial charge in [-0.2, -0.15) is 0 Å². The van der Waals surface area contributed by atoms with Crippen LogP contribution in [-0.2, 0) is 13.6 Å². The molecule has 0 spiro atoms. The number of nitrogens with zero attached hydrogens (tertiary/aromatic N) is 1. The molecule has 0 aromatic heterocycles. The molecule has 1 N–H and O–H groups in total. The van der Waals surface area contributed by atoms with E-state index in [1.165, 1.54) is 0 Å². The van der Waals surface area contributed by atoms with Crippen LogP contribution in [0.4, 0.5) is 0 Å². The van der Waals surface area contributed by atoms with E-state index in [1.807, 2.05) is 13.8 Å². The van der Waals surface area contributed by atoms with E-state index in [2.05, 4.69) is 11.8 Å². The first-order chi connectivity index (χ1) is 8.63. The molecule has 108 valence electrons. The zero-order chi connectivity index (χ0) is 13.8. The van der Waals surface area contributed by atoms with E-state index in [9.17, 15) is 4.79 Å². The molecule has 0 radical (unpaired) electrons. The monoisotopic (exact) mass is 277 g/mol. The van der Waals surface area contributed by atoms with E-state index in [-0.39, 0.29) is 6.42 Å². The van der Waals surface area contributed by atoms with Crippen molar-refractivity contribution in [1.82, 2.24) is 4.90 Å². The maximum atomic E-state index is 10.5. The molecule has 18 heavy (non-hydrogen) atoms. The van der Waals surface area contributed by atoms with Gasteiger partial charge in [0.05, 0.1) is 6.42 Å². The third-order valence-electron chi connectivity index (χ3n) is 2.71. The number of hydrogen-bond donors (Lipinski definition) is 1. The van der Waals surface area contributed by atoms with E-state index < -0.39 is 15.3 Å². The molecule has 0 bridgehead atoms. The first-order valence-electron chi connectivity index (χ1n) is 6.81. The molecule has 0 aromatic rings. The minimum absolute atomic E-state index is 0.214. The molecule has 6 heteroatoms. The van der Waals surface area contributed by atoms with Gasteiger partial charge in [-0.3, -0.25) is 4.79 Å². The highest BCUT2D eigenvalue weighted by Crippen LogP contribution is 2.04. The van der Waals surface area contributed by atoms with Crippen LogP contribution in [0, 0.1) is 0 Å². The molecular formula is C12H27NO4Si. The van der Waals surface area contributed by atoms with Gasteiger partial charge < -0.3 is 18.9 Å². The predicted octanol–water partition coefficient (Wildman–Crippen LogP) is 1.47. The van der Waals surface area contributed by atoms with E-state index in [4.69, 9.17) is 14.0 Å². The van der Waals surface area contributed by atoms with Gasteiger partial charge in [-0.05, 0) is 39.4 Å². The fourth-order valence-corrected chi connectivity index (χ4v) is 3.44. The fourth-order valence-electron chi connectivity index (χ4n) is 1.75. The van der Waals surface area contributed by atoms with Crippen molar-refractivity contribution < 1.29 is 18.8 Å². The molecule has 0 heterocycles. The van der Waals surface area contributed by atoms with Crippen molar-refractivity contribution in [3.05, 3.63) is 0 Å². The van der Waals surface area contributed by atoms with E-state index in [0.29, 0.717) is 19.8 Å². The summed E-state index contributed by atoms with van der Waals surface area (Å²) in [6.45, 7) is 9.91. The maximum Gasteiger partial charge on any atom is 0.321 e. The maximum absolute atomic E-state index is 10.5. The van der Waals surface area contributed by atoms with Crippen LogP contribution in [0.5, 0.6) is 0 Å². The quantitative estimate of drug-likeness (QED) is 0.547. The van der Waals surface area contributed by atoms with Crippen LogP contribution in [0.25, 0.3) is 0 Å². The Kier molecular flexibility index (Phi) is 11.4. The van der Waals surface area contributed by atoms with Crippen molar-refractivity contribution in [3.63, 3.8) is 0 Å². The van der Waals surface area contributed by atoms with Gasteiger partial charge in [-0.15, -0.1) is 0 Å².